The lowest BCUT2D eigenvalue weighted by molar-refractivity contribution is 0.526. The first-order chi connectivity index (χ1) is 10.3. The first kappa shape index (κ1) is 14.5. The first-order valence-corrected chi connectivity index (χ1v) is 8.32. The third-order valence-corrected chi connectivity index (χ3v) is 4.44. The van der Waals surface area contributed by atoms with E-state index < -0.39 is 0 Å². The minimum Gasteiger partial charge on any atom is -0.416 e. The number of hydrogen-bond donors (Lipinski definition) is 0. The Hall–Kier alpha value is -1.46. The minimum atomic E-state index is 0.561. The van der Waals surface area contributed by atoms with Gasteiger partial charge in [0.15, 0.2) is 0 Å². The molecule has 0 saturated carbocycles. The Morgan fingerprint density at radius 3 is 1.62 bits per heavy atom. The number of allylic oxidation sites excluding steroid dienone is 10. The van der Waals surface area contributed by atoms with Crippen LogP contribution < -0.4 is 0 Å². The van der Waals surface area contributed by atoms with Crippen molar-refractivity contribution >= 4 is 43.0 Å². The molecule has 1 aromatic rings. The van der Waals surface area contributed by atoms with Gasteiger partial charge in [-0.3, -0.25) is 0 Å². The van der Waals surface area contributed by atoms with Crippen LogP contribution in [0.15, 0.2) is 62.0 Å². The molecule has 0 unspecified atom stereocenters. The largest absolute Gasteiger partial charge is 0.416 e. The van der Waals surface area contributed by atoms with Crippen molar-refractivity contribution in [2.24, 2.45) is 0 Å². The highest BCUT2D eigenvalue weighted by Crippen LogP contribution is 2.27. The summed E-state index contributed by atoms with van der Waals surface area (Å²) in [5.74, 6) is 1.12. The van der Waals surface area contributed by atoms with Gasteiger partial charge in [0.25, 0.3) is 0 Å². The summed E-state index contributed by atoms with van der Waals surface area (Å²) < 4.78 is 5.78. The zero-order chi connectivity index (χ0) is 14.7. The molecule has 0 aliphatic heterocycles. The van der Waals surface area contributed by atoms with Gasteiger partial charge in [-0.05, 0) is 46.1 Å². The Morgan fingerprint density at radius 2 is 1.29 bits per heavy atom. The van der Waals surface area contributed by atoms with E-state index in [1.54, 1.807) is 0 Å². The Bertz CT molecular complexity index is 673. The Balaban J connectivity index is 1.79. The molecule has 106 valence electrons. The lowest BCUT2D eigenvalue weighted by Gasteiger charge is -2.06. The SMILES string of the molecule is BrC=C1C=CC(c2nnc(C3=CCC(=CBr)C=C3)o2)=CC1. The molecule has 0 spiro atoms. The van der Waals surface area contributed by atoms with Crippen LogP contribution in [-0.4, -0.2) is 10.2 Å². The minimum absolute atomic E-state index is 0.561. The number of hydrogen-bond acceptors (Lipinski definition) is 3. The molecule has 1 heterocycles. The van der Waals surface area contributed by atoms with Crippen LogP contribution in [0.1, 0.15) is 24.6 Å². The number of rotatable bonds is 2. The molecule has 3 rings (SSSR count). The molecule has 5 heteroatoms. The monoisotopic (exact) mass is 406 g/mol. The fourth-order valence-electron chi connectivity index (χ4n) is 2.06. The van der Waals surface area contributed by atoms with Crippen molar-refractivity contribution in [3.8, 4) is 0 Å². The number of halogens is 2. The molecule has 0 fully saturated rings. The zero-order valence-corrected chi connectivity index (χ0v) is 14.3. The van der Waals surface area contributed by atoms with Crippen molar-refractivity contribution in [2.45, 2.75) is 12.8 Å². The third-order valence-electron chi connectivity index (χ3n) is 3.27. The summed E-state index contributed by atoms with van der Waals surface area (Å²) in [5, 5.41) is 8.28. The second-order valence-corrected chi connectivity index (χ2v) is 5.59. The molecule has 3 nitrogen and oxygen atoms in total. The van der Waals surface area contributed by atoms with Crippen LogP contribution >= 0.6 is 31.9 Å². The van der Waals surface area contributed by atoms with E-state index in [1.165, 1.54) is 11.1 Å². The highest BCUT2D eigenvalue weighted by molar-refractivity contribution is 9.11. The lowest BCUT2D eigenvalue weighted by atomic mass is 10.0. The van der Waals surface area contributed by atoms with Gasteiger partial charge in [0.2, 0.25) is 11.8 Å². The Kier molecular flexibility index (Phi) is 4.51. The van der Waals surface area contributed by atoms with Crippen LogP contribution in [-0.2, 0) is 0 Å². The van der Waals surface area contributed by atoms with Crippen molar-refractivity contribution in [2.75, 3.05) is 0 Å². The van der Waals surface area contributed by atoms with E-state index in [1.807, 2.05) is 34.3 Å². The van der Waals surface area contributed by atoms with Crippen molar-refractivity contribution < 1.29 is 4.42 Å². The molecule has 0 radical (unpaired) electrons. The summed E-state index contributed by atoms with van der Waals surface area (Å²) in [7, 11) is 0. The van der Waals surface area contributed by atoms with Crippen molar-refractivity contribution in [3.05, 3.63) is 69.4 Å². The molecule has 2 aliphatic carbocycles. The fraction of sp³-hybridized carbons (Fsp3) is 0.125. The van der Waals surface area contributed by atoms with Crippen molar-refractivity contribution in [1.82, 2.24) is 10.2 Å². The van der Waals surface area contributed by atoms with Gasteiger partial charge in [-0.15, -0.1) is 10.2 Å². The summed E-state index contributed by atoms with van der Waals surface area (Å²) in [6, 6.07) is 0. The maximum atomic E-state index is 5.78. The fourth-order valence-corrected chi connectivity index (χ4v) is 2.74. The summed E-state index contributed by atoms with van der Waals surface area (Å²) in [6.45, 7) is 0. The van der Waals surface area contributed by atoms with Gasteiger partial charge >= 0.3 is 0 Å². The lowest BCUT2D eigenvalue weighted by Crippen LogP contribution is -1.88. The molecule has 0 atom stereocenters. The molecule has 0 N–H and O–H groups in total. The third kappa shape index (κ3) is 3.24. The molecule has 1 aromatic heterocycles. The average Bonchev–Trinajstić information content (AvgIpc) is 3.05. The number of aromatic nitrogens is 2. The van der Waals surface area contributed by atoms with Gasteiger partial charge in [-0.25, -0.2) is 0 Å². The van der Waals surface area contributed by atoms with Gasteiger partial charge < -0.3 is 4.42 Å². The van der Waals surface area contributed by atoms with Gasteiger partial charge in [0, 0.05) is 11.1 Å². The molecule has 2 aliphatic rings. The van der Waals surface area contributed by atoms with E-state index in [9.17, 15) is 0 Å². The van der Waals surface area contributed by atoms with Crippen LogP contribution in [0.5, 0.6) is 0 Å². The maximum Gasteiger partial charge on any atom is 0.247 e. The van der Waals surface area contributed by atoms with Gasteiger partial charge in [-0.1, -0.05) is 56.2 Å². The van der Waals surface area contributed by atoms with Crippen molar-refractivity contribution in [3.63, 3.8) is 0 Å². The average molecular weight is 408 g/mol. The van der Waals surface area contributed by atoms with Gasteiger partial charge in [-0.2, -0.15) is 0 Å². The molecule has 0 amide bonds. The van der Waals surface area contributed by atoms with E-state index in [2.05, 4.69) is 54.2 Å². The molecular weight excluding hydrogens is 396 g/mol. The Morgan fingerprint density at radius 1 is 0.810 bits per heavy atom. The quantitative estimate of drug-likeness (QED) is 0.666. The van der Waals surface area contributed by atoms with Gasteiger partial charge in [0.05, 0.1) is 0 Å². The summed E-state index contributed by atoms with van der Waals surface area (Å²) in [5.41, 5.74) is 4.36. The highest BCUT2D eigenvalue weighted by atomic mass is 79.9. The Labute approximate surface area is 139 Å². The van der Waals surface area contributed by atoms with Crippen LogP contribution in [0.4, 0.5) is 0 Å². The van der Waals surface area contributed by atoms with E-state index in [0.717, 1.165) is 24.0 Å². The standard InChI is InChI=1S/C16H12Br2N2O/c17-9-11-1-5-13(6-2-11)15-19-20-16(21-15)14-7-3-12(10-18)4-8-14/h1,3,5-10H,2,4H2. The van der Waals surface area contributed by atoms with Crippen molar-refractivity contribution in [1.29, 1.82) is 0 Å². The van der Waals surface area contributed by atoms with Crippen LogP contribution in [0.3, 0.4) is 0 Å². The molecular formula is C16H12Br2N2O. The summed E-state index contributed by atoms with van der Waals surface area (Å²) >= 11 is 6.67. The highest BCUT2D eigenvalue weighted by Gasteiger charge is 2.14. The van der Waals surface area contributed by atoms with E-state index in [0.29, 0.717) is 11.8 Å². The van der Waals surface area contributed by atoms with Crippen LogP contribution in [0, 0.1) is 0 Å². The second-order valence-electron chi connectivity index (χ2n) is 4.67. The van der Waals surface area contributed by atoms with Crippen LogP contribution in [0.2, 0.25) is 0 Å². The molecule has 21 heavy (non-hydrogen) atoms. The van der Waals surface area contributed by atoms with E-state index in [-0.39, 0.29) is 0 Å². The predicted octanol–water partition coefficient (Wildman–Crippen LogP) is 5.31. The van der Waals surface area contributed by atoms with E-state index in [4.69, 9.17) is 4.42 Å². The smallest absolute Gasteiger partial charge is 0.247 e. The molecule has 0 aromatic carbocycles. The molecule has 0 bridgehead atoms. The number of nitrogens with zero attached hydrogens (tertiary/aromatic N) is 2. The summed E-state index contributed by atoms with van der Waals surface area (Å²) in [4.78, 5) is 3.84. The van der Waals surface area contributed by atoms with Crippen LogP contribution in [0.25, 0.3) is 11.1 Å². The molecule has 0 saturated heterocycles. The maximum absolute atomic E-state index is 5.78. The van der Waals surface area contributed by atoms with Gasteiger partial charge in [0.1, 0.15) is 0 Å². The predicted molar refractivity (Wildman–Crippen MR) is 91.8 cm³/mol. The topological polar surface area (TPSA) is 38.9 Å². The first-order valence-electron chi connectivity index (χ1n) is 6.49. The normalized spacial score (nSPS) is 21.8. The second kappa shape index (κ2) is 6.54. The van der Waals surface area contributed by atoms with E-state index >= 15 is 0 Å². The zero-order valence-electron chi connectivity index (χ0n) is 11.1. The summed E-state index contributed by atoms with van der Waals surface area (Å²) in [6.07, 6.45) is 14.0.